The van der Waals surface area contributed by atoms with E-state index in [0.29, 0.717) is 12.1 Å². The molecule has 4 nitrogen and oxygen atoms in total. The predicted molar refractivity (Wildman–Crippen MR) is 77.4 cm³/mol. The van der Waals surface area contributed by atoms with Crippen LogP contribution in [0.25, 0.3) is 0 Å². The molecule has 108 valence electrons. The number of aryl methyl sites for hydroxylation is 1. The summed E-state index contributed by atoms with van der Waals surface area (Å²) in [6.45, 7) is 11.6. The Hall–Kier alpha value is -0.870. The van der Waals surface area contributed by atoms with Crippen LogP contribution in [-0.2, 0) is 11.3 Å². The third-order valence-corrected chi connectivity index (χ3v) is 3.97. The van der Waals surface area contributed by atoms with Gasteiger partial charge in [0.15, 0.2) is 0 Å². The van der Waals surface area contributed by atoms with Gasteiger partial charge in [-0.05, 0) is 46.6 Å². The van der Waals surface area contributed by atoms with Crippen LogP contribution in [0.3, 0.4) is 0 Å². The summed E-state index contributed by atoms with van der Waals surface area (Å²) in [4.78, 5) is 0. The Balaban J connectivity index is 2.09. The summed E-state index contributed by atoms with van der Waals surface area (Å²) in [6, 6.07) is 0.373. The van der Waals surface area contributed by atoms with Crippen molar-refractivity contribution in [3.63, 3.8) is 0 Å². The van der Waals surface area contributed by atoms with Gasteiger partial charge in [0, 0.05) is 23.9 Å². The van der Waals surface area contributed by atoms with Crippen molar-refractivity contribution >= 4 is 0 Å². The first kappa shape index (κ1) is 14.5. The smallest absolute Gasteiger partial charge is 0.0771 e. The maximum Gasteiger partial charge on any atom is 0.0771 e. The standard InChI is InChI=1S/C15H27N3O/c1-5-8-16-11(2)15-12(3)17-18(13(15)4)10-14-7-6-9-19-14/h11,14,16H,5-10H2,1-4H3. The predicted octanol–water partition coefficient (Wildman–Crippen LogP) is 2.74. The molecule has 0 aliphatic carbocycles. The van der Waals surface area contributed by atoms with Crippen LogP contribution in [0.5, 0.6) is 0 Å². The third-order valence-electron chi connectivity index (χ3n) is 3.97. The lowest BCUT2D eigenvalue weighted by Crippen LogP contribution is -2.21. The molecule has 0 spiro atoms. The minimum Gasteiger partial charge on any atom is -0.376 e. The summed E-state index contributed by atoms with van der Waals surface area (Å²) >= 11 is 0. The number of rotatable bonds is 6. The largest absolute Gasteiger partial charge is 0.376 e. The van der Waals surface area contributed by atoms with E-state index in [1.165, 1.54) is 17.7 Å². The van der Waals surface area contributed by atoms with Crippen molar-refractivity contribution in [3.05, 3.63) is 17.0 Å². The third kappa shape index (κ3) is 3.37. The topological polar surface area (TPSA) is 39.1 Å². The van der Waals surface area contributed by atoms with Crippen LogP contribution in [-0.4, -0.2) is 29.0 Å². The van der Waals surface area contributed by atoms with Crippen LogP contribution in [0.2, 0.25) is 0 Å². The van der Waals surface area contributed by atoms with Crippen LogP contribution in [0.4, 0.5) is 0 Å². The molecule has 2 heterocycles. The lowest BCUT2D eigenvalue weighted by Gasteiger charge is -2.15. The Labute approximate surface area is 116 Å². The van der Waals surface area contributed by atoms with Crippen molar-refractivity contribution in [1.29, 1.82) is 0 Å². The van der Waals surface area contributed by atoms with Gasteiger partial charge in [-0.3, -0.25) is 4.68 Å². The fourth-order valence-corrected chi connectivity index (χ4v) is 2.96. The van der Waals surface area contributed by atoms with E-state index in [1.807, 2.05) is 0 Å². The van der Waals surface area contributed by atoms with E-state index in [4.69, 9.17) is 9.84 Å². The first-order valence-electron chi connectivity index (χ1n) is 7.52. The number of nitrogens with one attached hydrogen (secondary N) is 1. The number of ether oxygens (including phenoxy) is 1. The lowest BCUT2D eigenvalue weighted by atomic mass is 10.1. The second kappa shape index (κ2) is 6.53. The van der Waals surface area contributed by atoms with Crippen LogP contribution in [0, 0.1) is 13.8 Å². The van der Waals surface area contributed by atoms with Crippen molar-refractivity contribution in [2.75, 3.05) is 13.2 Å². The van der Waals surface area contributed by atoms with Gasteiger partial charge in [0.2, 0.25) is 0 Å². The molecule has 0 bridgehead atoms. The summed E-state index contributed by atoms with van der Waals surface area (Å²) in [6.07, 6.45) is 3.86. The van der Waals surface area contributed by atoms with Gasteiger partial charge in [0.25, 0.3) is 0 Å². The van der Waals surface area contributed by atoms with Crippen molar-refractivity contribution in [2.45, 2.75) is 65.6 Å². The van der Waals surface area contributed by atoms with Gasteiger partial charge >= 0.3 is 0 Å². The molecule has 1 aliphatic heterocycles. The van der Waals surface area contributed by atoms with E-state index >= 15 is 0 Å². The fraction of sp³-hybridized carbons (Fsp3) is 0.800. The molecule has 2 rings (SSSR count). The highest BCUT2D eigenvalue weighted by atomic mass is 16.5. The summed E-state index contributed by atoms with van der Waals surface area (Å²) in [5.74, 6) is 0. The van der Waals surface area contributed by atoms with Gasteiger partial charge in [-0.15, -0.1) is 0 Å². The molecule has 0 aromatic carbocycles. The average Bonchev–Trinajstić information content (AvgIpc) is 2.97. The highest BCUT2D eigenvalue weighted by Crippen LogP contribution is 2.23. The second-order valence-corrected chi connectivity index (χ2v) is 5.58. The molecule has 1 fully saturated rings. The molecule has 1 aromatic heterocycles. The maximum absolute atomic E-state index is 5.71. The minimum atomic E-state index is 0.352. The second-order valence-electron chi connectivity index (χ2n) is 5.58. The first-order chi connectivity index (χ1) is 9.13. The van der Waals surface area contributed by atoms with E-state index in [2.05, 4.69) is 37.7 Å². The zero-order valence-corrected chi connectivity index (χ0v) is 12.7. The van der Waals surface area contributed by atoms with Gasteiger partial charge in [0.1, 0.15) is 0 Å². The number of aromatic nitrogens is 2. The maximum atomic E-state index is 5.71. The van der Waals surface area contributed by atoms with Gasteiger partial charge < -0.3 is 10.1 Å². The van der Waals surface area contributed by atoms with Gasteiger partial charge in [-0.25, -0.2) is 0 Å². The van der Waals surface area contributed by atoms with Crippen molar-refractivity contribution in [2.24, 2.45) is 0 Å². The molecule has 1 N–H and O–H groups in total. The number of hydrogen-bond donors (Lipinski definition) is 1. The highest BCUT2D eigenvalue weighted by Gasteiger charge is 2.21. The molecule has 0 amide bonds. The number of nitrogens with zero attached hydrogens (tertiary/aromatic N) is 2. The Morgan fingerprint density at radius 1 is 1.47 bits per heavy atom. The molecule has 0 radical (unpaired) electrons. The summed E-state index contributed by atoms with van der Waals surface area (Å²) in [7, 11) is 0. The molecule has 2 atom stereocenters. The molecular weight excluding hydrogens is 238 g/mol. The van der Waals surface area contributed by atoms with E-state index in [1.54, 1.807) is 0 Å². The van der Waals surface area contributed by atoms with Crippen LogP contribution >= 0.6 is 0 Å². The van der Waals surface area contributed by atoms with E-state index in [0.717, 1.165) is 38.2 Å². The minimum absolute atomic E-state index is 0.352. The molecule has 4 heteroatoms. The summed E-state index contributed by atoms with van der Waals surface area (Å²) in [5.41, 5.74) is 3.78. The fourth-order valence-electron chi connectivity index (χ4n) is 2.96. The first-order valence-corrected chi connectivity index (χ1v) is 7.52. The Bertz CT molecular complexity index is 408. The monoisotopic (exact) mass is 265 g/mol. The van der Waals surface area contributed by atoms with Gasteiger partial charge in [0.05, 0.1) is 18.3 Å². The van der Waals surface area contributed by atoms with Crippen LogP contribution in [0.1, 0.15) is 56.1 Å². The SMILES string of the molecule is CCCNC(C)c1c(C)nn(CC2CCCO2)c1C. The Kier molecular flexibility index (Phi) is 4.99. The molecule has 1 saturated heterocycles. The molecular formula is C15H27N3O. The Morgan fingerprint density at radius 2 is 2.26 bits per heavy atom. The van der Waals surface area contributed by atoms with E-state index < -0.39 is 0 Å². The molecule has 1 aromatic rings. The number of hydrogen-bond acceptors (Lipinski definition) is 3. The zero-order chi connectivity index (χ0) is 13.8. The van der Waals surface area contributed by atoms with Gasteiger partial charge in [-0.1, -0.05) is 6.92 Å². The zero-order valence-electron chi connectivity index (χ0n) is 12.7. The van der Waals surface area contributed by atoms with E-state index in [-0.39, 0.29) is 0 Å². The van der Waals surface area contributed by atoms with E-state index in [9.17, 15) is 0 Å². The normalized spacial score (nSPS) is 20.9. The average molecular weight is 265 g/mol. The molecule has 19 heavy (non-hydrogen) atoms. The summed E-state index contributed by atoms with van der Waals surface area (Å²) in [5, 5.41) is 8.25. The molecule has 2 unspecified atom stereocenters. The molecule has 0 saturated carbocycles. The quantitative estimate of drug-likeness (QED) is 0.859. The van der Waals surface area contributed by atoms with Crippen molar-refractivity contribution < 1.29 is 4.74 Å². The van der Waals surface area contributed by atoms with Crippen LogP contribution < -0.4 is 5.32 Å². The molecule has 1 aliphatic rings. The highest BCUT2D eigenvalue weighted by molar-refractivity contribution is 5.27. The summed E-state index contributed by atoms with van der Waals surface area (Å²) < 4.78 is 7.84. The van der Waals surface area contributed by atoms with Crippen molar-refractivity contribution in [1.82, 2.24) is 15.1 Å². The van der Waals surface area contributed by atoms with Crippen LogP contribution in [0.15, 0.2) is 0 Å². The van der Waals surface area contributed by atoms with Gasteiger partial charge in [-0.2, -0.15) is 5.10 Å². The lowest BCUT2D eigenvalue weighted by molar-refractivity contribution is 0.0933. The van der Waals surface area contributed by atoms with Crippen molar-refractivity contribution in [3.8, 4) is 0 Å². The Morgan fingerprint density at radius 3 is 2.89 bits per heavy atom.